The van der Waals surface area contributed by atoms with Gasteiger partial charge >= 0.3 is 0 Å². The number of aromatic nitrogens is 4. The Labute approximate surface area is 156 Å². The smallest absolute Gasteiger partial charge is 0.199 e. The van der Waals surface area contributed by atoms with Crippen molar-refractivity contribution in [2.45, 2.75) is 0 Å². The lowest BCUT2D eigenvalue weighted by Gasteiger charge is -2.29. The summed E-state index contributed by atoms with van der Waals surface area (Å²) >= 11 is 6.39. The fourth-order valence-corrected chi connectivity index (χ4v) is 3.16. The van der Waals surface area contributed by atoms with Gasteiger partial charge in [0.05, 0.1) is 26.0 Å². The Kier molecular flexibility index (Phi) is 4.73. The highest BCUT2D eigenvalue weighted by molar-refractivity contribution is 6.31. The predicted molar refractivity (Wildman–Crippen MR) is 99.2 cm³/mol. The topological polar surface area (TPSA) is 65.3 Å². The molecule has 0 radical (unpaired) electrons. The molecule has 1 fully saturated rings. The summed E-state index contributed by atoms with van der Waals surface area (Å²) in [6, 6.07) is 9.74. The third-order valence-electron chi connectivity index (χ3n) is 4.19. The fraction of sp³-hybridized carbons (Fsp3) is 0.278. The zero-order valence-corrected chi connectivity index (χ0v) is 15.1. The second-order valence-corrected chi connectivity index (χ2v) is 6.15. The molecular weight excluding hydrogens is 354 g/mol. The van der Waals surface area contributed by atoms with Crippen LogP contribution in [0.5, 0.6) is 5.75 Å². The lowest BCUT2D eigenvalue weighted by molar-refractivity contribution is 0.122. The summed E-state index contributed by atoms with van der Waals surface area (Å²) in [7, 11) is 1.58. The van der Waals surface area contributed by atoms with Crippen molar-refractivity contribution in [2.24, 2.45) is 0 Å². The molecule has 4 rings (SSSR count). The SMILES string of the molecule is COc1c(Cl)nc(-c2cccc(-n3cccn3)c2)nc1N1CCOCC1. The normalized spacial score (nSPS) is 14.5. The van der Waals surface area contributed by atoms with E-state index < -0.39 is 0 Å². The number of hydrogen-bond acceptors (Lipinski definition) is 6. The maximum absolute atomic E-state index is 6.39. The molecule has 0 N–H and O–H groups in total. The maximum Gasteiger partial charge on any atom is 0.199 e. The lowest BCUT2D eigenvalue weighted by atomic mass is 10.2. The second-order valence-electron chi connectivity index (χ2n) is 5.80. The number of anilines is 1. The molecule has 1 aliphatic rings. The molecule has 2 aromatic heterocycles. The van der Waals surface area contributed by atoms with E-state index in [1.807, 2.05) is 36.5 Å². The number of ether oxygens (including phenoxy) is 2. The van der Waals surface area contributed by atoms with Gasteiger partial charge in [0.2, 0.25) is 0 Å². The Hall–Kier alpha value is -2.64. The summed E-state index contributed by atoms with van der Waals surface area (Å²) in [5.41, 5.74) is 1.79. The van der Waals surface area contributed by atoms with Gasteiger partial charge in [-0.2, -0.15) is 5.10 Å². The van der Waals surface area contributed by atoms with Crippen molar-refractivity contribution in [1.82, 2.24) is 19.7 Å². The number of halogens is 1. The van der Waals surface area contributed by atoms with Gasteiger partial charge in [-0.05, 0) is 18.2 Å². The van der Waals surface area contributed by atoms with Gasteiger partial charge in [-0.25, -0.2) is 14.6 Å². The van der Waals surface area contributed by atoms with Crippen LogP contribution in [0.15, 0.2) is 42.7 Å². The van der Waals surface area contributed by atoms with Crippen LogP contribution in [0.2, 0.25) is 5.15 Å². The van der Waals surface area contributed by atoms with Crippen molar-refractivity contribution >= 4 is 17.4 Å². The molecule has 1 aromatic carbocycles. The van der Waals surface area contributed by atoms with Gasteiger partial charge in [-0.15, -0.1) is 0 Å². The van der Waals surface area contributed by atoms with Crippen LogP contribution >= 0.6 is 11.6 Å². The van der Waals surface area contributed by atoms with Crippen molar-refractivity contribution in [1.29, 1.82) is 0 Å². The Morgan fingerprint density at radius 1 is 1.15 bits per heavy atom. The Morgan fingerprint density at radius 3 is 2.73 bits per heavy atom. The number of morpholine rings is 1. The second kappa shape index (κ2) is 7.31. The number of benzene rings is 1. The molecule has 134 valence electrons. The first kappa shape index (κ1) is 16.8. The van der Waals surface area contributed by atoms with E-state index >= 15 is 0 Å². The molecule has 0 atom stereocenters. The molecule has 0 unspecified atom stereocenters. The molecular formula is C18H18ClN5O2. The molecule has 1 saturated heterocycles. The molecule has 3 heterocycles. The predicted octanol–water partition coefficient (Wildman–Crippen LogP) is 2.83. The van der Waals surface area contributed by atoms with Crippen LogP contribution in [0.1, 0.15) is 0 Å². The zero-order valence-electron chi connectivity index (χ0n) is 14.3. The minimum Gasteiger partial charge on any atom is -0.490 e. The summed E-state index contributed by atoms with van der Waals surface area (Å²) in [5, 5.41) is 4.56. The highest BCUT2D eigenvalue weighted by atomic mass is 35.5. The summed E-state index contributed by atoms with van der Waals surface area (Å²) < 4.78 is 12.7. The molecule has 8 heteroatoms. The van der Waals surface area contributed by atoms with Crippen molar-refractivity contribution in [3.63, 3.8) is 0 Å². The van der Waals surface area contributed by atoms with E-state index in [-0.39, 0.29) is 0 Å². The van der Waals surface area contributed by atoms with Gasteiger partial charge in [0.15, 0.2) is 22.5 Å². The highest BCUT2D eigenvalue weighted by Gasteiger charge is 2.22. The van der Waals surface area contributed by atoms with E-state index in [9.17, 15) is 0 Å². The molecule has 0 saturated carbocycles. The molecule has 3 aromatic rings. The van der Waals surface area contributed by atoms with E-state index in [0.29, 0.717) is 35.8 Å². The van der Waals surface area contributed by atoms with Crippen molar-refractivity contribution in [2.75, 3.05) is 38.3 Å². The lowest BCUT2D eigenvalue weighted by Crippen LogP contribution is -2.37. The third-order valence-corrected chi connectivity index (χ3v) is 4.45. The van der Waals surface area contributed by atoms with Crippen molar-refractivity contribution < 1.29 is 9.47 Å². The zero-order chi connectivity index (χ0) is 17.9. The Bertz CT molecular complexity index is 895. The van der Waals surface area contributed by atoms with Gasteiger partial charge in [0, 0.05) is 31.0 Å². The van der Waals surface area contributed by atoms with Crippen molar-refractivity contribution in [3.8, 4) is 22.8 Å². The van der Waals surface area contributed by atoms with E-state index in [0.717, 1.165) is 24.3 Å². The molecule has 26 heavy (non-hydrogen) atoms. The summed E-state index contributed by atoms with van der Waals surface area (Å²) in [6.07, 6.45) is 3.63. The minimum atomic E-state index is 0.295. The van der Waals surface area contributed by atoms with Gasteiger partial charge in [-0.1, -0.05) is 23.7 Å². The third kappa shape index (κ3) is 3.23. The molecule has 1 aliphatic heterocycles. The van der Waals surface area contributed by atoms with Crippen LogP contribution in [0.25, 0.3) is 17.1 Å². The number of methoxy groups -OCH3 is 1. The number of hydrogen-bond donors (Lipinski definition) is 0. The van der Waals surface area contributed by atoms with E-state index in [4.69, 9.17) is 26.1 Å². The van der Waals surface area contributed by atoms with Gasteiger partial charge in [0.25, 0.3) is 0 Å². The summed E-state index contributed by atoms with van der Waals surface area (Å²) in [5.74, 6) is 1.72. The first-order valence-corrected chi connectivity index (χ1v) is 8.69. The van der Waals surface area contributed by atoms with Crippen LogP contribution in [0, 0.1) is 0 Å². The van der Waals surface area contributed by atoms with Crippen LogP contribution in [-0.4, -0.2) is 53.2 Å². The average molecular weight is 372 g/mol. The van der Waals surface area contributed by atoms with E-state index in [1.54, 1.807) is 18.0 Å². The molecule has 0 aliphatic carbocycles. The van der Waals surface area contributed by atoms with Crippen LogP contribution < -0.4 is 9.64 Å². The number of nitrogens with zero attached hydrogens (tertiary/aromatic N) is 5. The maximum atomic E-state index is 6.39. The first-order chi connectivity index (χ1) is 12.8. The molecule has 7 nitrogen and oxygen atoms in total. The van der Waals surface area contributed by atoms with Gasteiger partial charge < -0.3 is 14.4 Å². The highest BCUT2D eigenvalue weighted by Crippen LogP contribution is 2.35. The average Bonchev–Trinajstić information content (AvgIpc) is 3.23. The van der Waals surface area contributed by atoms with Gasteiger partial charge in [-0.3, -0.25) is 0 Å². The van der Waals surface area contributed by atoms with E-state index in [1.165, 1.54) is 0 Å². The molecule has 0 spiro atoms. The van der Waals surface area contributed by atoms with Crippen LogP contribution in [-0.2, 0) is 4.74 Å². The van der Waals surface area contributed by atoms with E-state index in [2.05, 4.69) is 15.0 Å². The molecule has 0 bridgehead atoms. The Morgan fingerprint density at radius 2 is 2.00 bits per heavy atom. The largest absolute Gasteiger partial charge is 0.490 e. The fourth-order valence-electron chi connectivity index (χ4n) is 2.92. The van der Waals surface area contributed by atoms with Crippen LogP contribution in [0.3, 0.4) is 0 Å². The van der Waals surface area contributed by atoms with Crippen LogP contribution in [0.4, 0.5) is 5.82 Å². The quantitative estimate of drug-likeness (QED) is 0.657. The molecule has 0 amide bonds. The minimum absolute atomic E-state index is 0.295. The summed E-state index contributed by atoms with van der Waals surface area (Å²) in [4.78, 5) is 11.3. The monoisotopic (exact) mass is 371 g/mol. The van der Waals surface area contributed by atoms with Gasteiger partial charge in [0.1, 0.15) is 0 Å². The van der Waals surface area contributed by atoms with Crippen molar-refractivity contribution in [3.05, 3.63) is 47.9 Å². The number of rotatable bonds is 4. The Balaban J connectivity index is 1.77. The summed E-state index contributed by atoms with van der Waals surface area (Å²) in [6.45, 7) is 2.76. The standard InChI is InChI=1S/C18H18ClN5O2/c1-25-15-16(19)21-17(22-18(15)23-8-10-26-11-9-23)13-4-2-5-14(12-13)24-7-3-6-20-24/h2-7,12H,8-11H2,1H3. The first-order valence-electron chi connectivity index (χ1n) is 8.31.